The van der Waals surface area contributed by atoms with E-state index in [1.54, 1.807) is 0 Å². The van der Waals surface area contributed by atoms with Crippen LogP contribution in [-0.2, 0) is 25.4 Å². The van der Waals surface area contributed by atoms with Crippen molar-refractivity contribution in [2.24, 2.45) is 4.99 Å². The zero-order chi connectivity index (χ0) is 20.9. The average Bonchev–Trinajstić information content (AvgIpc) is 3.10. The molecule has 0 aliphatic carbocycles. The number of benzene rings is 1. The van der Waals surface area contributed by atoms with Crippen molar-refractivity contribution in [3.05, 3.63) is 45.4 Å². The Balaban J connectivity index is 2.02. The Kier molecular flexibility index (Phi) is 6.75. The summed E-state index contributed by atoms with van der Waals surface area (Å²) in [6.07, 6.45) is -9.10. The summed E-state index contributed by atoms with van der Waals surface area (Å²) in [7, 11) is 2.65. The number of nitrogens with zero attached hydrogens (tertiary/aromatic N) is 2. The minimum atomic E-state index is -4.57. The molecule has 5 nitrogen and oxygen atoms in total. The third-order valence-electron chi connectivity index (χ3n) is 3.54. The molecule has 12 heteroatoms. The molecule has 2 rings (SSSR count). The van der Waals surface area contributed by atoms with Crippen LogP contribution in [0.2, 0.25) is 0 Å². The lowest BCUT2D eigenvalue weighted by Crippen LogP contribution is -2.36. The third kappa shape index (κ3) is 5.75. The molecule has 0 fully saturated rings. The van der Waals surface area contributed by atoms with E-state index in [2.05, 4.69) is 20.6 Å². The summed E-state index contributed by atoms with van der Waals surface area (Å²) in [5.41, 5.74) is -1.89. The highest BCUT2D eigenvalue weighted by molar-refractivity contribution is 7.09. The lowest BCUT2D eigenvalue weighted by molar-refractivity contribution is -0.141. The van der Waals surface area contributed by atoms with Crippen LogP contribution in [-0.4, -0.2) is 25.1 Å². The van der Waals surface area contributed by atoms with Gasteiger partial charge in [-0.3, -0.25) is 4.99 Å². The second-order valence-electron chi connectivity index (χ2n) is 5.42. The monoisotopic (exact) mass is 426 g/mol. The Morgan fingerprint density at radius 1 is 1.11 bits per heavy atom. The predicted molar refractivity (Wildman–Crippen MR) is 92.2 cm³/mol. The van der Waals surface area contributed by atoms with Crippen LogP contribution in [0.15, 0.2) is 28.6 Å². The first-order valence-electron chi connectivity index (χ1n) is 7.75. The van der Waals surface area contributed by atoms with Gasteiger partial charge in [0.05, 0.1) is 19.2 Å². The lowest BCUT2D eigenvalue weighted by atomic mass is 10.1. The summed E-state index contributed by atoms with van der Waals surface area (Å²) in [5.74, 6) is 0.190. The SMILES string of the molecule is CN=C(NCc1nc(C(F)(F)F)cs1)NCc1ccc(OC)cc1C(F)(F)F. The second-order valence-corrected chi connectivity index (χ2v) is 6.37. The first-order valence-corrected chi connectivity index (χ1v) is 8.62. The Morgan fingerprint density at radius 3 is 2.32 bits per heavy atom. The molecule has 1 aromatic heterocycles. The molecule has 154 valence electrons. The smallest absolute Gasteiger partial charge is 0.434 e. The summed E-state index contributed by atoms with van der Waals surface area (Å²) in [4.78, 5) is 7.30. The summed E-state index contributed by atoms with van der Waals surface area (Å²) in [5, 5.41) is 6.46. The molecule has 0 saturated carbocycles. The number of halogens is 6. The second kappa shape index (κ2) is 8.67. The molecule has 0 amide bonds. The van der Waals surface area contributed by atoms with Crippen LogP contribution < -0.4 is 15.4 Å². The van der Waals surface area contributed by atoms with Gasteiger partial charge in [0, 0.05) is 19.0 Å². The largest absolute Gasteiger partial charge is 0.497 e. The van der Waals surface area contributed by atoms with Gasteiger partial charge in [0.1, 0.15) is 10.8 Å². The molecule has 2 aromatic rings. The van der Waals surface area contributed by atoms with E-state index in [0.717, 1.165) is 22.8 Å². The number of guanidine groups is 1. The number of nitrogens with one attached hydrogen (secondary N) is 2. The maximum absolute atomic E-state index is 13.2. The molecule has 2 N–H and O–H groups in total. The lowest BCUT2D eigenvalue weighted by Gasteiger charge is -2.16. The molecule has 1 aromatic carbocycles. The molecule has 0 unspecified atom stereocenters. The van der Waals surface area contributed by atoms with Crippen LogP contribution in [0.25, 0.3) is 0 Å². The fourth-order valence-electron chi connectivity index (χ4n) is 2.18. The zero-order valence-electron chi connectivity index (χ0n) is 14.7. The van der Waals surface area contributed by atoms with Crippen LogP contribution in [0.3, 0.4) is 0 Å². The standard InChI is InChI=1S/C16H16F6N4OS/c1-23-14(25-7-13-26-12(8-28-13)16(20,21)22)24-6-9-3-4-10(27-2)5-11(9)15(17,18)19/h3-5,8H,6-7H2,1-2H3,(H2,23,24,25). The Hall–Kier alpha value is -2.50. The van der Waals surface area contributed by atoms with Crippen molar-refractivity contribution in [2.75, 3.05) is 14.2 Å². The molecule has 0 aliphatic rings. The van der Waals surface area contributed by atoms with E-state index >= 15 is 0 Å². The van der Waals surface area contributed by atoms with Crippen LogP contribution in [0.4, 0.5) is 26.3 Å². The van der Waals surface area contributed by atoms with Crippen molar-refractivity contribution in [1.29, 1.82) is 0 Å². The molecule has 0 atom stereocenters. The van der Waals surface area contributed by atoms with Crippen molar-refractivity contribution in [3.8, 4) is 5.75 Å². The number of methoxy groups -OCH3 is 1. The number of hydrogen-bond donors (Lipinski definition) is 2. The normalized spacial score (nSPS) is 12.8. The maximum Gasteiger partial charge on any atom is 0.434 e. The molecular weight excluding hydrogens is 410 g/mol. The topological polar surface area (TPSA) is 58.5 Å². The van der Waals surface area contributed by atoms with Crippen molar-refractivity contribution in [1.82, 2.24) is 15.6 Å². The molecule has 0 aliphatic heterocycles. The van der Waals surface area contributed by atoms with E-state index in [4.69, 9.17) is 4.74 Å². The fourth-order valence-corrected chi connectivity index (χ4v) is 2.92. The molecule has 0 spiro atoms. The number of ether oxygens (including phenoxy) is 1. The first-order chi connectivity index (χ1) is 13.0. The highest BCUT2D eigenvalue weighted by Crippen LogP contribution is 2.34. The van der Waals surface area contributed by atoms with Crippen molar-refractivity contribution >= 4 is 17.3 Å². The molecular formula is C16H16F6N4OS. The van der Waals surface area contributed by atoms with E-state index in [-0.39, 0.29) is 35.4 Å². The Labute approximate surface area is 160 Å². The highest BCUT2D eigenvalue weighted by atomic mass is 32.1. The van der Waals surface area contributed by atoms with Gasteiger partial charge in [0.25, 0.3) is 0 Å². The van der Waals surface area contributed by atoms with Gasteiger partial charge in [-0.25, -0.2) is 4.98 Å². The van der Waals surface area contributed by atoms with Gasteiger partial charge in [-0.05, 0) is 17.7 Å². The van der Waals surface area contributed by atoms with Crippen LogP contribution in [0.5, 0.6) is 5.75 Å². The van der Waals surface area contributed by atoms with Crippen LogP contribution in [0, 0.1) is 0 Å². The summed E-state index contributed by atoms with van der Waals surface area (Å²) >= 11 is 0.814. The number of alkyl halides is 6. The molecule has 28 heavy (non-hydrogen) atoms. The molecule has 1 heterocycles. The summed E-state index contributed by atoms with van der Waals surface area (Å²) in [6.45, 7) is -0.265. The third-order valence-corrected chi connectivity index (χ3v) is 4.39. The average molecular weight is 426 g/mol. The van der Waals surface area contributed by atoms with Crippen molar-refractivity contribution in [2.45, 2.75) is 25.4 Å². The minimum absolute atomic E-state index is 0.0372. The van der Waals surface area contributed by atoms with Gasteiger partial charge in [0.2, 0.25) is 0 Å². The zero-order valence-corrected chi connectivity index (χ0v) is 15.5. The number of aromatic nitrogens is 1. The number of rotatable bonds is 5. The fraction of sp³-hybridized carbons (Fsp3) is 0.375. The van der Waals surface area contributed by atoms with Gasteiger partial charge in [-0.15, -0.1) is 11.3 Å². The van der Waals surface area contributed by atoms with E-state index in [0.29, 0.717) is 0 Å². The van der Waals surface area contributed by atoms with E-state index in [1.165, 1.54) is 26.3 Å². The van der Waals surface area contributed by atoms with Crippen molar-refractivity contribution in [3.63, 3.8) is 0 Å². The van der Waals surface area contributed by atoms with Gasteiger partial charge in [-0.1, -0.05) is 6.07 Å². The predicted octanol–water partition coefficient (Wildman–Crippen LogP) is 4.05. The number of aliphatic imine (C=N–C) groups is 1. The van der Waals surface area contributed by atoms with E-state index in [1.807, 2.05) is 0 Å². The van der Waals surface area contributed by atoms with E-state index < -0.39 is 23.6 Å². The molecule has 0 saturated heterocycles. The Morgan fingerprint density at radius 2 is 1.79 bits per heavy atom. The summed E-state index contributed by atoms with van der Waals surface area (Å²) in [6, 6.07) is 3.57. The minimum Gasteiger partial charge on any atom is -0.497 e. The quantitative estimate of drug-likeness (QED) is 0.430. The number of hydrogen-bond acceptors (Lipinski definition) is 4. The molecule has 0 radical (unpaired) electrons. The first kappa shape index (κ1) is 21.8. The van der Waals surface area contributed by atoms with E-state index in [9.17, 15) is 26.3 Å². The van der Waals surface area contributed by atoms with Crippen LogP contribution >= 0.6 is 11.3 Å². The van der Waals surface area contributed by atoms with Gasteiger partial charge in [-0.2, -0.15) is 26.3 Å². The maximum atomic E-state index is 13.2. The Bertz CT molecular complexity index is 831. The van der Waals surface area contributed by atoms with Gasteiger partial charge >= 0.3 is 12.4 Å². The van der Waals surface area contributed by atoms with Gasteiger partial charge < -0.3 is 15.4 Å². The van der Waals surface area contributed by atoms with Crippen LogP contribution in [0.1, 0.15) is 21.8 Å². The van der Waals surface area contributed by atoms with Crippen molar-refractivity contribution < 1.29 is 31.1 Å². The van der Waals surface area contributed by atoms with Gasteiger partial charge in [0.15, 0.2) is 11.7 Å². The number of thiazole rings is 1. The molecule has 0 bridgehead atoms. The summed E-state index contributed by atoms with van der Waals surface area (Å²) < 4.78 is 82.1. The highest BCUT2D eigenvalue weighted by Gasteiger charge is 2.34.